The summed E-state index contributed by atoms with van der Waals surface area (Å²) in [5, 5.41) is 4.53. The van der Waals surface area contributed by atoms with E-state index < -0.39 is 9.84 Å². The molecule has 1 amide bonds. The third-order valence-electron chi connectivity index (χ3n) is 5.27. The summed E-state index contributed by atoms with van der Waals surface area (Å²) in [6.07, 6.45) is 0.451. The molecule has 2 aromatic heterocycles. The van der Waals surface area contributed by atoms with E-state index in [9.17, 15) is 13.2 Å². The standard InChI is InChI=1S/C20H21N3O4S/c1-12-4-6-14(7-5-12)17-10-16(18-13(2)22-27-19(18)21-17)20(24)23(3)15-8-9-28(25,26)11-15/h4-7,10,15H,8-9,11H2,1-3H3. The molecule has 28 heavy (non-hydrogen) atoms. The molecule has 1 fully saturated rings. The number of carbonyl (C=O) groups excluding carboxylic acids is 1. The Morgan fingerprint density at radius 3 is 2.57 bits per heavy atom. The molecule has 1 unspecified atom stereocenters. The van der Waals surface area contributed by atoms with E-state index in [4.69, 9.17) is 4.52 Å². The average Bonchev–Trinajstić information content (AvgIpc) is 3.22. The van der Waals surface area contributed by atoms with Crippen LogP contribution in [0.5, 0.6) is 0 Å². The van der Waals surface area contributed by atoms with Crippen molar-refractivity contribution in [1.29, 1.82) is 0 Å². The lowest BCUT2D eigenvalue weighted by Crippen LogP contribution is -2.38. The summed E-state index contributed by atoms with van der Waals surface area (Å²) in [6, 6.07) is 9.24. The Balaban J connectivity index is 1.79. The summed E-state index contributed by atoms with van der Waals surface area (Å²) < 4.78 is 29.0. The Morgan fingerprint density at radius 1 is 1.21 bits per heavy atom. The Bertz CT molecular complexity index is 1170. The molecule has 8 heteroatoms. The number of nitrogens with zero attached hydrogens (tertiary/aromatic N) is 3. The van der Waals surface area contributed by atoms with Crippen LogP contribution in [-0.2, 0) is 9.84 Å². The van der Waals surface area contributed by atoms with Gasteiger partial charge >= 0.3 is 0 Å². The summed E-state index contributed by atoms with van der Waals surface area (Å²) in [6.45, 7) is 3.76. The van der Waals surface area contributed by atoms with Crippen molar-refractivity contribution in [2.45, 2.75) is 26.3 Å². The molecule has 0 bridgehead atoms. The zero-order valence-corrected chi connectivity index (χ0v) is 16.8. The summed E-state index contributed by atoms with van der Waals surface area (Å²) in [5.41, 5.74) is 3.89. The smallest absolute Gasteiger partial charge is 0.259 e. The molecule has 0 aliphatic carbocycles. The van der Waals surface area contributed by atoms with Crippen LogP contribution in [0.4, 0.5) is 0 Å². The topological polar surface area (TPSA) is 93.4 Å². The molecule has 0 radical (unpaired) electrons. The largest absolute Gasteiger partial charge is 0.338 e. The van der Waals surface area contributed by atoms with Crippen molar-refractivity contribution in [3.05, 3.63) is 47.2 Å². The summed E-state index contributed by atoms with van der Waals surface area (Å²) in [5.74, 6) is -0.145. The fourth-order valence-corrected chi connectivity index (χ4v) is 5.35. The van der Waals surface area contributed by atoms with Gasteiger partial charge in [-0.2, -0.15) is 0 Å². The molecule has 3 aromatic rings. The van der Waals surface area contributed by atoms with E-state index in [1.54, 1.807) is 20.0 Å². The van der Waals surface area contributed by atoms with Crippen molar-refractivity contribution in [3.63, 3.8) is 0 Å². The van der Waals surface area contributed by atoms with Gasteiger partial charge in [-0.05, 0) is 26.3 Å². The van der Waals surface area contributed by atoms with Gasteiger partial charge in [-0.1, -0.05) is 35.0 Å². The molecule has 1 saturated heterocycles. The van der Waals surface area contributed by atoms with Gasteiger partial charge in [0.25, 0.3) is 11.6 Å². The number of hydrogen-bond acceptors (Lipinski definition) is 6. The number of fused-ring (bicyclic) bond motifs is 1. The molecule has 4 rings (SSSR count). The second-order valence-corrected chi connectivity index (χ2v) is 9.57. The van der Waals surface area contributed by atoms with E-state index in [1.807, 2.05) is 31.2 Å². The predicted octanol–water partition coefficient (Wildman–Crippen LogP) is 2.77. The second-order valence-electron chi connectivity index (χ2n) is 7.34. The number of hydrogen-bond donors (Lipinski definition) is 0. The molecule has 1 aromatic carbocycles. The Hall–Kier alpha value is -2.74. The highest BCUT2D eigenvalue weighted by Gasteiger charge is 2.34. The Kier molecular flexibility index (Phi) is 4.45. The van der Waals surface area contributed by atoms with E-state index in [0.29, 0.717) is 34.5 Å². The first-order valence-corrected chi connectivity index (χ1v) is 10.9. The van der Waals surface area contributed by atoms with Gasteiger partial charge in [-0.25, -0.2) is 13.4 Å². The van der Waals surface area contributed by atoms with Gasteiger partial charge in [0, 0.05) is 18.7 Å². The van der Waals surface area contributed by atoms with E-state index in [-0.39, 0.29) is 23.5 Å². The van der Waals surface area contributed by atoms with Crippen LogP contribution >= 0.6 is 0 Å². The molecule has 0 saturated carbocycles. The predicted molar refractivity (Wildman–Crippen MR) is 106 cm³/mol. The lowest BCUT2D eigenvalue weighted by Gasteiger charge is -2.24. The minimum absolute atomic E-state index is 0.00307. The third-order valence-corrected chi connectivity index (χ3v) is 7.02. The fraction of sp³-hybridized carbons (Fsp3) is 0.350. The molecular weight excluding hydrogens is 378 g/mol. The maximum absolute atomic E-state index is 13.3. The van der Waals surface area contributed by atoms with E-state index in [1.165, 1.54) is 4.90 Å². The van der Waals surface area contributed by atoms with Crippen LogP contribution in [0.2, 0.25) is 0 Å². The molecule has 3 heterocycles. The van der Waals surface area contributed by atoms with Gasteiger partial charge in [-0.15, -0.1) is 0 Å². The first kappa shape index (κ1) is 18.6. The minimum atomic E-state index is -3.09. The highest BCUT2D eigenvalue weighted by Crippen LogP contribution is 2.29. The second kappa shape index (κ2) is 6.70. The number of carbonyl (C=O) groups is 1. The molecule has 0 N–H and O–H groups in total. The zero-order chi connectivity index (χ0) is 20.1. The number of aryl methyl sites for hydroxylation is 2. The molecule has 1 aliphatic rings. The third kappa shape index (κ3) is 3.28. The van der Waals surface area contributed by atoms with Crippen molar-refractivity contribution in [1.82, 2.24) is 15.0 Å². The first-order valence-electron chi connectivity index (χ1n) is 9.07. The molecule has 7 nitrogen and oxygen atoms in total. The SMILES string of the molecule is Cc1ccc(-c2cc(C(=O)N(C)C3CCS(=O)(=O)C3)c3c(C)noc3n2)cc1. The van der Waals surface area contributed by atoms with Gasteiger partial charge in [0.1, 0.15) is 0 Å². The highest BCUT2D eigenvalue weighted by molar-refractivity contribution is 7.91. The van der Waals surface area contributed by atoms with E-state index in [0.717, 1.165) is 11.1 Å². The monoisotopic (exact) mass is 399 g/mol. The van der Waals surface area contributed by atoms with E-state index in [2.05, 4.69) is 10.1 Å². The number of pyridine rings is 1. The lowest BCUT2D eigenvalue weighted by atomic mass is 10.0. The number of rotatable bonds is 3. The molecule has 0 spiro atoms. The summed E-state index contributed by atoms with van der Waals surface area (Å²) in [4.78, 5) is 19.3. The van der Waals surface area contributed by atoms with Crippen molar-refractivity contribution < 1.29 is 17.7 Å². The number of amides is 1. The van der Waals surface area contributed by atoms with Crippen LogP contribution in [0.15, 0.2) is 34.9 Å². The van der Waals surface area contributed by atoms with Gasteiger partial charge in [0.15, 0.2) is 9.84 Å². The van der Waals surface area contributed by atoms with Crippen molar-refractivity contribution >= 4 is 26.8 Å². The maximum atomic E-state index is 13.3. The lowest BCUT2D eigenvalue weighted by molar-refractivity contribution is 0.0749. The van der Waals surface area contributed by atoms with Gasteiger partial charge < -0.3 is 9.42 Å². The fourth-order valence-electron chi connectivity index (χ4n) is 3.57. The van der Waals surface area contributed by atoms with Crippen molar-refractivity contribution in [2.24, 2.45) is 0 Å². The van der Waals surface area contributed by atoms with Gasteiger partial charge in [0.05, 0.1) is 33.8 Å². The summed E-state index contributed by atoms with van der Waals surface area (Å²) >= 11 is 0. The van der Waals surface area contributed by atoms with Crippen LogP contribution < -0.4 is 0 Å². The van der Waals surface area contributed by atoms with Crippen LogP contribution in [0.1, 0.15) is 28.0 Å². The van der Waals surface area contributed by atoms with Crippen LogP contribution in [0, 0.1) is 13.8 Å². The molecule has 1 aliphatic heterocycles. The van der Waals surface area contributed by atoms with Crippen LogP contribution in [0.3, 0.4) is 0 Å². The highest BCUT2D eigenvalue weighted by atomic mass is 32.2. The number of benzene rings is 1. The van der Waals surface area contributed by atoms with Crippen molar-refractivity contribution in [3.8, 4) is 11.3 Å². The quantitative estimate of drug-likeness (QED) is 0.672. The first-order chi connectivity index (χ1) is 13.2. The van der Waals surface area contributed by atoms with Gasteiger partial charge in [0.2, 0.25) is 0 Å². The van der Waals surface area contributed by atoms with Crippen LogP contribution in [0.25, 0.3) is 22.4 Å². The average molecular weight is 399 g/mol. The zero-order valence-electron chi connectivity index (χ0n) is 16.0. The molecular formula is C20H21N3O4S. The normalized spacial score (nSPS) is 18.5. The Morgan fingerprint density at radius 2 is 1.93 bits per heavy atom. The van der Waals surface area contributed by atoms with E-state index >= 15 is 0 Å². The number of aromatic nitrogens is 2. The summed E-state index contributed by atoms with van der Waals surface area (Å²) in [7, 11) is -1.44. The maximum Gasteiger partial charge on any atom is 0.259 e. The van der Waals surface area contributed by atoms with Gasteiger partial charge in [-0.3, -0.25) is 4.79 Å². The number of sulfone groups is 1. The minimum Gasteiger partial charge on any atom is -0.338 e. The van der Waals surface area contributed by atoms with Crippen molar-refractivity contribution in [2.75, 3.05) is 18.6 Å². The Labute approximate surface area is 163 Å². The molecule has 146 valence electrons. The molecule has 1 atom stereocenters. The van der Waals surface area contributed by atoms with Crippen LogP contribution in [-0.4, -0.2) is 54.0 Å².